The molecule has 0 aliphatic rings. The molecular formula is C24H35N6O10P. The van der Waals surface area contributed by atoms with Gasteiger partial charge in [-0.1, -0.05) is 27.7 Å². The van der Waals surface area contributed by atoms with Crippen LogP contribution in [0, 0.1) is 23.2 Å². The molecule has 0 aromatic carbocycles. The van der Waals surface area contributed by atoms with Crippen LogP contribution in [-0.4, -0.2) is 76.0 Å². The molecule has 0 bridgehead atoms. The zero-order chi connectivity index (χ0) is 31.1. The van der Waals surface area contributed by atoms with Crippen LogP contribution in [0.3, 0.4) is 0 Å². The van der Waals surface area contributed by atoms with Gasteiger partial charge in [0.1, 0.15) is 30.6 Å². The Morgan fingerprint density at radius 1 is 1.12 bits per heavy atom. The van der Waals surface area contributed by atoms with Gasteiger partial charge in [-0.05, 0) is 19.1 Å². The van der Waals surface area contributed by atoms with Crippen molar-refractivity contribution in [2.45, 2.75) is 58.5 Å². The first kappa shape index (κ1) is 33.6. The number of hydrogen-bond acceptors (Lipinski definition) is 13. The summed E-state index contributed by atoms with van der Waals surface area (Å²) < 4.78 is 40.7. The molecule has 2 heterocycles. The third-order valence-corrected chi connectivity index (χ3v) is 7.08. The van der Waals surface area contributed by atoms with E-state index in [0.717, 1.165) is 20.5 Å². The number of hydrogen-bond donors (Lipinski definition) is 3. The van der Waals surface area contributed by atoms with Crippen molar-refractivity contribution < 1.29 is 47.3 Å². The Kier molecular flexibility index (Phi) is 11.3. The van der Waals surface area contributed by atoms with Gasteiger partial charge in [-0.3, -0.25) is 18.9 Å². The number of ether oxygens (including phenoxy) is 4. The summed E-state index contributed by atoms with van der Waals surface area (Å²) in [5, 5.41) is 16.6. The van der Waals surface area contributed by atoms with Crippen molar-refractivity contribution in [3.63, 3.8) is 0 Å². The van der Waals surface area contributed by atoms with E-state index in [1.165, 1.54) is 37.4 Å². The lowest BCUT2D eigenvalue weighted by molar-refractivity contribution is -0.197. The Hall–Kier alpha value is -3.61. The molecule has 0 aliphatic carbocycles. The summed E-state index contributed by atoms with van der Waals surface area (Å²) in [4.78, 5) is 51.8. The highest BCUT2D eigenvalue weighted by molar-refractivity contribution is 7.50. The maximum atomic E-state index is 12.9. The Morgan fingerprint density at radius 3 is 2.27 bits per heavy atom. The molecule has 0 aliphatic heterocycles. The molecule has 2 rings (SSSR count). The van der Waals surface area contributed by atoms with E-state index in [-0.39, 0.29) is 11.5 Å². The number of anilines is 1. The Morgan fingerprint density at radius 2 is 1.73 bits per heavy atom. The number of esters is 3. The summed E-state index contributed by atoms with van der Waals surface area (Å²) in [5.41, 5.74) is 4.05. The van der Waals surface area contributed by atoms with Crippen molar-refractivity contribution in [1.29, 1.82) is 5.26 Å². The minimum absolute atomic E-state index is 0.0875. The fourth-order valence-electron chi connectivity index (χ4n) is 3.48. The van der Waals surface area contributed by atoms with Gasteiger partial charge in [-0.15, -0.1) is 0 Å². The molecule has 0 spiro atoms. The van der Waals surface area contributed by atoms with Crippen molar-refractivity contribution in [3.05, 3.63) is 24.2 Å². The second kappa shape index (κ2) is 13.8. The van der Waals surface area contributed by atoms with Gasteiger partial charge >= 0.3 is 25.7 Å². The van der Waals surface area contributed by atoms with E-state index in [1.807, 2.05) is 6.07 Å². The number of aromatic nitrogens is 3. The monoisotopic (exact) mass is 598 g/mol. The van der Waals surface area contributed by atoms with Crippen LogP contribution in [0.15, 0.2) is 18.5 Å². The Labute approximate surface area is 236 Å². The van der Waals surface area contributed by atoms with E-state index in [1.54, 1.807) is 13.8 Å². The quantitative estimate of drug-likeness (QED) is 0.158. The average molecular weight is 599 g/mol. The topological polar surface area (TPSA) is 227 Å². The van der Waals surface area contributed by atoms with E-state index in [4.69, 9.17) is 24.5 Å². The van der Waals surface area contributed by atoms with Crippen LogP contribution in [0.25, 0.3) is 5.52 Å². The van der Waals surface area contributed by atoms with Crippen LogP contribution in [0.5, 0.6) is 0 Å². The van der Waals surface area contributed by atoms with Crippen molar-refractivity contribution in [2.75, 3.05) is 26.6 Å². The lowest BCUT2D eigenvalue weighted by Gasteiger charge is -2.37. The van der Waals surface area contributed by atoms with Gasteiger partial charge in [0.25, 0.3) is 0 Å². The Balaban J connectivity index is 2.69. The van der Waals surface area contributed by atoms with Crippen molar-refractivity contribution in [3.8, 4) is 6.07 Å². The molecule has 0 saturated heterocycles. The number of nitrogen functional groups attached to an aromatic ring is 1. The molecule has 1 unspecified atom stereocenters. The number of carbonyl (C=O) groups excluding carboxylic acids is 3. The van der Waals surface area contributed by atoms with Crippen LogP contribution in [0.4, 0.5) is 5.82 Å². The van der Waals surface area contributed by atoms with E-state index in [9.17, 15) is 29.1 Å². The molecule has 0 fully saturated rings. The fraction of sp³-hybridized carbons (Fsp3) is 0.583. The van der Waals surface area contributed by atoms with Crippen LogP contribution in [0.1, 0.15) is 46.4 Å². The van der Waals surface area contributed by atoms with Gasteiger partial charge in [-0.25, -0.2) is 19.2 Å². The first-order chi connectivity index (χ1) is 19.1. The highest BCUT2D eigenvalue weighted by Crippen LogP contribution is 2.42. The summed E-state index contributed by atoms with van der Waals surface area (Å²) in [7, 11) is -2.62. The summed E-state index contributed by atoms with van der Waals surface area (Å²) >= 11 is 0. The maximum absolute atomic E-state index is 12.9. The number of nitrogens with zero attached hydrogens (tertiary/aromatic N) is 4. The van der Waals surface area contributed by atoms with Crippen molar-refractivity contribution in [2.24, 2.45) is 11.8 Å². The first-order valence-electron chi connectivity index (χ1n) is 12.4. The zero-order valence-corrected chi connectivity index (χ0v) is 24.7. The standard InChI is InChI=1S/C24H35N6O10P/c1-13(2)21(31)39-18(16-8-9-17-20(26)27-12-28-30(16)17)19(40-22(32)14(3)4)24(10-25,37-7)11-38-41(34,35)29-15(5)23(33)36-6/h8-9,12-15,18-19H,11H2,1-7H3,(H2,26,27,28)(H2,29,34,35)/t15-,18-,19-,24+/m0/s1. The lowest BCUT2D eigenvalue weighted by atomic mass is 9.92. The zero-order valence-electron chi connectivity index (χ0n) is 23.8. The highest BCUT2D eigenvalue weighted by atomic mass is 31.2. The van der Waals surface area contributed by atoms with Crippen LogP contribution in [0.2, 0.25) is 0 Å². The number of nitriles is 1. The molecule has 4 N–H and O–H groups in total. The molecule has 16 nitrogen and oxygen atoms in total. The number of nitrogens with one attached hydrogen (secondary N) is 1. The van der Waals surface area contributed by atoms with Gasteiger partial charge < -0.3 is 29.6 Å². The average Bonchev–Trinajstić information content (AvgIpc) is 3.36. The summed E-state index contributed by atoms with van der Waals surface area (Å²) in [6.07, 6.45) is -2.19. The number of fused-ring (bicyclic) bond motifs is 1. The van der Waals surface area contributed by atoms with E-state index < -0.39 is 67.9 Å². The normalized spacial score (nSPS) is 16.7. The smallest absolute Gasteiger partial charge is 0.403 e. The molecular weight excluding hydrogens is 563 g/mol. The first-order valence-corrected chi connectivity index (χ1v) is 14.0. The second-order valence-electron chi connectivity index (χ2n) is 9.60. The minimum atomic E-state index is -4.78. The van der Waals surface area contributed by atoms with Crippen molar-refractivity contribution >= 4 is 37.0 Å². The number of rotatable bonds is 14. The molecule has 226 valence electrons. The molecule has 0 saturated carbocycles. The molecule has 0 radical (unpaired) electrons. The van der Waals surface area contributed by atoms with Gasteiger partial charge in [-0.2, -0.15) is 10.4 Å². The predicted octanol–water partition coefficient (Wildman–Crippen LogP) is 1.30. The second-order valence-corrected chi connectivity index (χ2v) is 11.2. The largest absolute Gasteiger partial charge is 0.468 e. The number of methoxy groups -OCH3 is 2. The van der Waals surface area contributed by atoms with Gasteiger partial charge in [0.2, 0.25) is 5.60 Å². The van der Waals surface area contributed by atoms with E-state index >= 15 is 0 Å². The van der Waals surface area contributed by atoms with E-state index in [2.05, 4.69) is 19.9 Å². The fourth-order valence-corrected chi connectivity index (χ4v) is 4.52. The third-order valence-electron chi connectivity index (χ3n) is 5.89. The number of carbonyl (C=O) groups is 3. The molecule has 41 heavy (non-hydrogen) atoms. The summed E-state index contributed by atoms with van der Waals surface area (Å²) in [5.74, 6) is -3.67. The molecule has 5 atom stereocenters. The van der Waals surface area contributed by atoms with Gasteiger partial charge in [0, 0.05) is 7.11 Å². The maximum Gasteiger partial charge on any atom is 0.403 e. The molecule has 2 aromatic heterocycles. The van der Waals surface area contributed by atoms with Crippen molar-refractivity contribution in [1.82, 2.24) is 19.7 Å². The van der Waals surface area contributed by atoms with Crippen LogP contribution in [-0.2, 0) is 42.4 Å². The number of nitrogens with two attached hydrogens (primary N) is 1. The van der Waals surface area contributed by atoms with Gasteiger partial charge in [0.05, 0.1) is 24.6 Å². The van der Waals surface area contributed by atoms with E-state index in [0.29, 0.717) is 5.52 Å². The third kappa shape index (κ3) is 7.99. The predicted molar refractivity (Wildman–Crippen MR) is 142 cm³/mol. The van der Waals surface area contributed by atoms with Crippen LogP contribution < -0.4 is 10.8 Å². The highest BCUT2D eigenvalue weighted by Gasteiger charge is 2.52. The SMILES string of the molecule is COC(=O)[C@H](C)NP(=O)(O)OC[C@@](C#N)(OC)[C@@H](OC(=O)C(C)C)[C@@H](OC(=O)C(C)C)c1ccc2c(N)ncnn12. The van der Waals surface area contributed by atoms with Crippen LogP contribution >= 0.6 is 7.75 Å². The summed E-state index contributed by atoms with van der Waals surface area (Å²) in [6, 6.07) is 3.58. The minimum Gasteiger partial charge on any atom is -0.468 e. The summed E-state index contributed by atoms with van der Waals surface area (Å²) in [6.45, 7) is 6.47. The Bertz CT molecular complexity index is 1340. The molecule has 2 aromatic rings. The molecule has 17 heteroatoms. The van der Waals surface area contributed by atoms with Gasteiger partial charge in [0.15, 0.2) is 18.0 Å². The molecule has 0 amide bonds. The lowest BCUT2D eigenvalue weighted by Crippen LogP contribution is -2.53.